The molecule has 4 heteroatoms. The van der Waals surface area contributed by atoms with Crippen molar-refractivity contribution in [2.75, 3.05) is 26.8 Å². The number of likely N-dealkylation sites (tertiary alicyclic amines) is 1. The van der Waals surface area contributed by atoms with E-state index in [1.54, 1.807) is 7.11 Å². The van der Waals surface area contributed by atoms with Crippen molar-refractivity contribution in [3.05, 3.63) is 0 Å². The second-order valence-electron chi connectivity index (χ2n) is 4.61. The Morgan fingerprint density at radius 1 is 1.33 bits per heavy atom. The summed E-state index contributed by atoms with van der Waals surface area (Å²) in [7, 11) is 1.78. The van der Waals surface area contributed by atoms with E-state index in [2.05, 4.69) is 10.2 Å². The summed E-state index contributed by atoms with van der Waals surface area (Å²) in [6, 6.07) is 0.675. The molecule has 0 spiro atoms. The van der Waals surface area contributed by atoms with Crippen molar-refractivity contribution in [3.8, 4) is 0 Å². The largest absolute Gasteiger partial charge is 0.384 e. The van der Waals surface area contributed by atoms with Crippen molar-refractivity contribution < 1.29 is 4.74 Å². The number of thiocarbonyl (C=S) groups is 1. The molecule has 0 aromatic heterocycles. The van der Waals surface area contributed by atoms with Gasteiger partial charge in [-0.25, -0.2) is 0 Å². The Morgan fingerprint density at radius 3 is 2.53 bits per heavy atom. The molecule has 15 heavy (non-hydrogen) atoms. The third kappa shape index (κ3) is 3.31. The average molecular weight is 228 g/mol. The number of ether oxygens (including phenoxy) is 1. The van der Waals surface area contributed by atoms with Gasteiger partial charge in [0, 0.05) is 32.8 Å². The van der Waals surface area contributed by atoms with E-state index in [1.807, 2.05) is 0 Å². The minimum absolute atomic E-state index is 0.675. The standard InChI is InChI=1S/C11H20N2OS/c1-14-8-9-4-6-13(7-5-9)11(15)12-10-2-3-10/h9-10H,2-8H2,1H3,(H,12,15). The van der Waals surface area contributed by atoms with Crippen molar-refractivity contribution in [2.24, 2.45) is 5.92 Å². The first-order chi connectivity index (χ1) is 7.29. The summed E-state index contributed by atoms with van der Waals surface area (Å²) < 4.78 is 5.18. The second-order valence-corrected chi connectivity index (χ2v) is 5.00. The summed E-state index contributed by atoms with van der Waals surface area (Å²) in [4.78, 5) is 2.31. The summed E-state index contributed by atoms with van der Waals surface area (Å²) in [5, 5.41) is 4.36. The summed E-state index contributed by atoms with van der Waals surface area (Å²) >= 11 is 5.38. The molecular weight excluding hydrogens is 208 g/mol. The summed E-state index contributed by atoms with van der Waals surface area (Å²) in [6.07, 6.45) is 5.00. The van der Waals surface area contributed by atoms with Gasteiger partial charge in [-0.05, 0) is 43.8 Å². The maximum absolute atomic E-state index is 5.38. The normalized spacial score (nSPS) is 22.9. The van der Waals surface area contributed by atoms with E-state index in [4.69, 9.17) is 17.0 Å². The van der Waals surface area contributed by atoms with Crippen LogP contribution in [-0.4, -0.2) is 42.9 Å². The highest BCUT2D eigenvalue weighted by molar-refractivity contribution is 7.80. The molecule has 1 saturated carbocycles. The first kappa shape index (κ1) is 11.1. The fourth-order valence-electron chi connectivity index (χ4n) is 2.03. The summed E-state index contributed by atoms with van der Waals surface area (Å²) in [5.41, 5.74) is 0. The first-order valence-corrected chi connectivity index (χ1v) is 6.25. The number of methoxy groups -OCH3 is 1. The van der Waals surface area contributed by atoms with E-state index in [0.29, 0.717) is 6.04 Å². The highest BCUT2D eigenvalue weighted by atomic mass is 32.1. The molecule has 0 amide bonds. The zero-order valence-electron chi connectivity index (χ0n) is 9.37. The van der Waals surface area contributed by atoms with Gasteiger partial charge in [0.05, 0.1) is 0 Å². The predicted octanol–water partition coefficient (Wildman–Crippen LogP) is 1.38. The van der Waals surface area contributed by atoms with Crippen LogP contribution in [0.2, 0.25) is 0 Å². The van der Waals surface area contributed by atoms with Gasteiger partial charge in [0.1, 0.15) is 0 Å². The molecule has 2 rings (SSSR count). The number of hydrogen-bond acceptors (Lipinski definition) is 2. The van der Waals surface area contributed by atoms with E-state index in [9.17, 15) is 0 Å². The number of piperidine rings is 1. The maximum Gasteiger partial charge on any atom is 0.169 e. The third-order valence-corrected chi connectivity index (χ3v) is 3.59. The highest BCUT2D eigenvalue weighted by Crippen LogP contribution is 2.21. The minimum atomic E-state index is 0.675. The van der Waals surface area contributed by atoms with E-state index in [0.717, 1.165) is 30.7 Å². The van der Waals surface area contributed by atoms with E-state index in [-0.39, 0.29) is 0 Å². The van der Waals surface area contributed by atoms with Gasteiger partial charge in [0.2, 0.25) is 0 Å². The molecule has 1 aliphatic heterocycles. The zero-order valence-corrected chi connectivity index (χ0v) is 10.2. The van der Waals surface area contributed by atoms with Gasteiger partial charge < -0.3 is 15.0 Å². The molecule has 1 saturated heterocycles. The van der Waals surface area contributed by atoms with Crippen LogP contribution in [0.3, 0.4) is 0 Å². The van der Waals surface area contributed by atoms with Gasteiger partial charge in [-0.3, -0.25) is 0 Å². The molecule has 0 unspecified atom stereocenters. The lowest BCUT2D eigenvalue weighted by Gasteiger charge is -2.33. The molecule has 1 aliphatic carbocycles. The van der Waals surface area contributed by atoms with E-state index >= 15 is 0 Å². The Morgan fingerprint density at radius 2 is 2.00 bits per heavy atom. The molecule has 0 bridgehead atoms. The van der Waals surface area contributed by atoms with Crippen LogP contribution in [0.25, 0.3) is 0 Å². The fraction of sp³-hybridized carbons (Fsp3) is 0.909. The first-order valence-electron chi connectivity index (χ1n) is 5.84. The molecule has 3 nitrogen and oxygen atoms in total. The number of nitrogens with one attached hydrogen (secondary N) is 1. The molecule has 2 aliphatic rings. The highest BCUT2D eigenvalue weighted by Gasteiger charge is 2.26. The summed E-state index contributed by atoms with van der Waals surface area (Å²) in [6.45, 7) is 3.08. The number of nitrogens with zero attached hydrogens (tertiary/aromatic N) is 1. The van der Waals surface area contributed by atoms with Crippen molar-refractivity contribution in [3.63, 3.8) is 0 Å². The van der Waals surface area contributed by atoms with Gasteiger partial charge in [-0.15, -0.1) is 0 Å². The van der Waals surface area contributed by atoms with Crippen LogP contribution in [-0.2, 0) is 4.74 Å². The SMILES string of the molecule is COCC1CCN(C(=S)NC2CC2)CC1. The molecule has 86 valence electrons. The smallest absolute Gasteiger partial charge is 0.169 e. The Hall–Kier alpha value is -0.350. The van der Waals surface area contributed by atoms with Crippen LogP contribution in [0.1, 0.15) is 25.7 Å². The lowest BCUT2D eigenvalue weighted by molar-refractivity contribution is 0.119. The van der Waals surface area contributed by atoms with E-state index in [1.165, 1.54) is 25.7 Å². The minimum Gasteiger partial charge on any atom is -0.384 e. The molecule has 0 aromatic rings. The molecule has 0 radical (unpaired) electrons. The topological polar surface area (TPSA) is 24.5 Å². The van der Waals surface area contributed by atoms with Gasteiger partial charge in [-0.2, -0.15) is 0 Å². The van der Waals surface area contributed by atoms with Gasteiger partial charge in [0.15, 0.2) is 5.11 Å². The lowest BCUT2D eigenvalue weighted by Crippen LogP contribution is -2.45. The molecule has 2 fully saturated rings. The monoisotopic (exact) mass is 228 g/mol. The zero-order chi connectivity index (χ0) is 10.7. The molecule has 0 atom stereocenters. The quantitative estimate of drug-likeness (QED) is 0.738. The number of hydrogen-bond donors (Lipinski definition) is 1. The third-order valence-electron chi connectivity index (χ3n) is 3.21. The van der Waals surface area contributed by atoms with Gasteiger partial charge in [0.25, 0.3) is 0 Å². The van der Waals surface area contributed by atoms with Gasteiger partial charge >= 0.3 is 0 Å². The summed E-state index contributed by atoms with van der Waals surface area (Å²) in [5.74, 6) is 0.731. The van der Waals surface area contributed by atoms with Crippen LogP contribution in [0.4, 0.5) is 0 Å². The Bertz CT molecular complexity index is 223. The van der Waals surface area contributed by atoms with Crippen LogP contribution in [0.5, 0.6) is 0 Å². The molecule has 1 heterocycles. The van der Waals surface area contributed by atoms with Crippen LogP contribution in [0, 0.1) is 5.92 Å². The Labute approximate surface area is 97.2 Å². The van der Waals surface area contributed by atoms with Crippen LogP contribution in [0.15, 0.2) is 0 Å². The lowest BCUT2D eigenvalue weighted by atomic mass is 9.98. The van der Waals surface area contributed by atoms with Crippen LogP contribution >= 0.6 is 12.2 Å². The molecule has 0 aromatic carbocycles. The Kier molecular flexibility index (Phi) is 3.81. The van der Waals surface area contributed by atoms with Crippen LogP contribution < -0.4 is 5.32 Å². The van der Waals surface area contributed by atoms with Crippen molar-refractivity contribution >= 4 is 17.3 Å². The molecular formula is C11H20N2OS. The average Bonchev–Trinajstić information content (AvgIpc) is 3.03. The van der Waals surface area contributed by atoms with Crippen molar-refractivity contribution in [1.29, 1.82) is 0 Å². The Balaban J connectivity index is 1.69. The predicted molar refractivity (Wildman–Crippen MR) is 64.9 cm³/mol. The van der Waals surface area contributed by atoms with Gasteiger partial charge in [-0.1, -0.05) is 0 Å². The second kappa shape index (κ2) is 5.12. The van der Waals surface area contributed by atoms with E-state index < -0.39 is 0 Å². The number of rotatable bonds is 3. The molecule has 1 N–H and O–H groups in total. The maximum atomic E-state index is 5.38. The van der Waals surface area contributed by atoms with Crippen molar-refractivity contribution in [2.45, 2.75) is 31.7 Å². The fourth-order valence-corrected chi connectivity index (χ4v) is 2.38. The van der Waals surface area contributed by atoms with Crippen molar-refractivity contribution in [1.82, 2.24) is 10.2 Å².